The number of piperidine rings is 1. The summed E-state index contributed by atoms with van der Waals surface area (Å²) in [6, 6.07) is 11.7. The number of carbonyl (C=O) groups is 1. The summed E-state index contributed by atoms with van der Waals surface area (Å²) in [5.41, 5.74) is 4.36. The molecule has 34 heavy (non-hydrogen) atoms. The van der Waals surface area contributed by atoms with Gasteiger partial charge in [0.15, 0.2) is 5.84 Å². The Balaban J connectivity index is 1.70. The highest BCUT2D eigenvalue weighted by Gasteiger charge is 2.33. The van der Waals surface area contributed by atoms with Crippen molar-refractivity contribution in [2.75, 3.05) is 14.2 Å². The second kappa shape index (κ2) is 9.91. The quantitative estimate of drug-likeness (QED) is 0.481. The normalized spacial score (nSPS) is 17.3. The molecule has 176 valence electrons. The highest BCUT2D eigenvalue weighted by molar-refractivity contribution is 6.12. The van der Waals surface area contributed by atoms with Crippen LogP contribution in [0.3, 0.4) is 0 Å². The van der Waals surface area contributed by atoms with Gasteiger partial charge in [-0.3, -0.25) is 9.69 Å². The fourth-order valence-electron chi connectivity index (χ4n) is 4.11. The van der Waals surface area contributed by atoms with Gasteiger partial charge >= 0.3 is 0 Å². The topological polar surface area (TPSA) is 69.0 Å². The number of methoxy groups -OCH3 is 1. The molecular formula is C26H27FN4O3. The van der Waals surface area contributed by atoms with E-state index in [1.165, 1.54) is 19.2 Å². The standard InChI is InChI=1S/C26H27FN4O3/c1-17-15-30(16-28-17)23-11-5-19(14-24(23)33-3)13-21-8-12-25(32)31(26(21)29-34-4)18(2)20-6-9-22(27)10-7-20/h5-7,9-11,13-16,18H,8,12H2,1-4H3. The van der Waals surface area contributed by atoms with Gasteiger partial charge in [-0.25, -0.2) is 9.37 Å². The summed E-state index contributed by atoms with van der Waals surface area (Å²) in [5.74, 6) is 0.757. The molecule has 0 radical (unpaired) electrons. The molecule has 1 amide bonds. The summed E-state index contributed by atoms with van der Waals surface area (Å²) in [4.78, 5) is 23.9. The summed E-state index contributed by atoms with van der Waals surface area (Å²) < 4.78 is 21.0. The minimum atomic E-state index is -0.341. The monoisotopic (exact) mass is 462 g/mol. The lowest BCUT2D eigenvalue weighted by Gasteiger charge is -2.34. The number of hydrogen-bond acceptors (Lipinski definition) is 5. The van der Waals surface area contributed by atoms with Gasteiger partial charge in [0.2, 0.25) is 5.91 Å². The first-order valence-corrected chi connectivity index (χ1v) is 11.0. The Morgan fingerprint density at radius 3 is 2.56 bits per heavy atom. The first-order chi connectivity index (χ1) is 16.4. The van der Waals surface area contributed by atoms with E-state index in [9.17, 15) is 9.18 Å². The molecule has 0 bridgehead atoms. The van der Waals surface area contributed by atoms with Crippen molar-refractivity contribution < 1.29 is 18.8 Å². The number of nitrogens with zero attached hydrogens (tertiary/aromatic N) is 4. The van der Waals surface area contributed by atoms with E-state index >= 15 is 0 Å². The highest BCUT2D eigenvalue weighted by atomic mass is 19.1. The molecule has 1 fully saturated rings. The molecule has 0 N–H and O–H groups in total. The Hall–Kier alpha value is -3.94. The first kappa shape index (κ1) is 23.2. The molecule has 3 aromatic rings. The van der Waals surface area contributed by atoms with Crippen molar-refractivity contribution in [2.45, 2.75) is 32.7 Å². The lowest BCUT2D eigenvalue weighted by atomic mass is 9.96. The number of amides is 1. The number of carbonyl (C=O) groups excluding carboxylic acids is 1. The molecule has 1 aromatic heterocycles. The van der Waals surface area contributed by atoms with Crippen molar-refractivity contribution in [3.63, 3.8) is 0 Å². The number of halogens is 1. The third kappa shape index (κ3) is 4.71. The fourth-order valence-corrected chi connectivity index (χ4v) is 4.11. The summed E-state index contributed by atoms with van der Waals surface area (Å²) in [7, 11) is 3.08. The summed E-state index contributed by atoms with van der Waals surface area (Å²) >= 11 is 0. The number of aromatic nitrogens is 2. The molecule has 0 aliphatic carbocycles. The third-order valence-corrected chi connectivity index (χ3v) is 5.84. The lowest BCUT2D eigenvalue weighted by molar-refractivity contribution is -0.129. The number of hydrogen-bond donors (Lipinski definition) is 0. The van der Waals surface area contributed by atoms with Crippen molar-refractivity contribution in [1.82, 2.24) is 14.5 Å². The summed E-state index contributed by atoms with van der Waals surface area (Å²) in [6.45, 7) is 3.83. The van der Waals surface area contributed by atoms with Gasteiger partial charge in [0.25, 0.3) is 0 Å². The van der Waals surface area contributed by atoms with Crippen LogP contribution < -0.4 is 4.74 Å². The van der Waals surface area contributed by atoms with E-state index in [0.717, 1.165) is 28.1 Å². The maximum absolute atomic E-state index is 13.4. The Morgan fingerprint density at radius 1 is 1.15 bits per heavy atom. The van der Waals surface area contributed by atoms with Crippen LogP contribution in [-0.4, -0.2) is 40.4 Å². The molecule has 0 spiro atoms. The Kier molecular flexibility index (Phi) is 6.77. The molecule has 1 atom stereocenters. The van der Waals surface area contributed by atoms with Gasteiger partial charge in [0.1, 0.15) is 18.7 Å². The Morgan fingerprint density at radius 2 is 1.91 bits per heavy atom. The number of rotatable bonds is 6. The molecule has 1 aliphatic rings. The van der Waals surface area contributed by atoms with Crippen molar-refractivity contribution >= 4 is 17.8 Å². The highest BCUT2D eigenvalue weighted by Crippen LogP contribution is 2.32. The number of imidazole rings is 1. The largest absolute Gasteiger partial charge is 0.495 e. The van der Waals surface area contributed by atoms with Gasteiger partial charge < -0.3 is 14.1 Å². The second-order valence-corrected chi connectivity index (χ2v) is 8.11. The van der Waals surface area contributed by atoms with Crippen LogP contribution >= 0.6 is 0 Å². The van der Waals surface area contributed by atoms with Crippen LogP contribution in [0.4, 0.5) is 4.39 Å². The molecule has 1 saturated heterocycles. The van der Waals surface area contributed by atoms with E-state index < -0.39 is 0 Å². The van der Waals surface area contributed by atoms with Crippen LogP contribution in [0.1, 0.15) is 42.6 Å². The Bertz CT molecular complexity index is 1250. The lowest BCUT2D eigenvalue weighted by Crippen LogP contribution is -2.43. The fraction of sp³-hybridized carbons (Fsp3) is 0.269. The molecular weight excluding hydrogens is 435 g/mol. The van der Waals surface area contributed by atoms with Gasteiger partial charge in [0.05, 0.1) is 30.9 Å². The van der Waals surface area contributed by atoms with Crippen LogP contribution in [0.2, 0.25) is 0 Å². The van der Waals surface area contributed by atoms with Crippen LogP contribution in [0.5, 0.6) is 5.75 Å². The van der Waals surface area contributed by atoms with Crippen molar-refractivity contribution in [3.05, 3.63) is 83.2 Å². The number of ether oxygens (including phenoxy) is 1. The minimum absolute atomic E-state index is 0.0619. The maximum atomic E-state index is 13.4. The van der Waals surface area contributed by atoms with Crippen LogP contribution in [0, 0.1) is 12.7 Å². The van der Waals surface area contributed by atoms with Gasteiger partial charge in [0, 0.05) is 12.6 Å². The third-order valence-electron chi connectivity index (χ3n) is 5.84. The molecule has 2 aromatic carbocycles. The number of likely N-dealkylation sites (tertiary alicyclic amines) is 1. The molecule has 1 aliphatic heterocycles. The predicted molar refractivity (Wildman–Crippen MR) is 128 cm³/mol. The van der Waals surface area contributed by atoms with Gasteiger partial charge in [-0.05, 0) is 67.3 Å². The zero-order chi connectivity index (χ0) is 24.2. The zero-order valence-electron chi connectivity index (χ0n) is 19.7. The van der Waals surface area contributed by atoms with Crippen LogP contribution in [-0.2, 0) is 9.63 Å². The van der Waals surface area contributed by atoms with Gasteiger partial charge in [-0.1, -0.05) is 23.4 Å². The number of benzene rings is 2. The molecule has 7 nitrogen and oxygen atoms in total. The zero-order valence-corrected chi connectivity index (χ0v) is 19.7. The number of aryl methyl sites for hydroxylation is 1. The van der Waals surface area contributed by atoms with Crippen LogP contribution in [0.15, 0.2) is 65.7 Å². The number of oxime groups is 1. The summed E-state index contributed by atoms with van der Waals surface area (Å²) in [6.07, 6.45) is 6.53. The minimum Gasteiger partial charge on any atom is -0.495 e. The second-order valence-electron chi connectivity index (χ2n) is 8.11. The van der Waals surface area contributed by atoms with Crippen LogP contribution in [0.25, 0.3) is 11.8 Å². The van der Waals surface area contributed by atoms with Gasteiger partial charge in [-0.2, -0.15) is 0 Å². The molecule has 4 rings (SSSR count). The maximum Gasteiger partial charge on any atom is 0.229 e. The first-order valence-electron chi connectivity index (χ1n) is 11.0. The summed E-state index contributed by atoms with van der Waals surface area (Å²) in [5, 5.41) is 4.20. The van der Waals surface area contributed by atoms with Crippen molar-refractivity contribution in [2.24, 2.45) is 5.16 Å². The van der Waals surface area contributed by atoms with E-state index in [0.29, 0.717) is 24.4 Å². The van der Waals surface area contributed by atoms with E-state index in [1.807, 2.05) is 48.9 Å². The van der Waals surface area contributed by atoms with Crippen molar-refractivity contribution in [3.8, 4) is 11.4 Å². The number of amidine groups is 1. The molecule has 8 heteroatoms. The SMILES string of the molecule is CON=C1C(=Cc2ccc(-n3cnc(C)c3)c(OC)c2)CCC(=O)N1C(C)c1ccc(F)cc1. The average Bonchev–Trinajstić information content (AvgIpc) is 3.27. The average molecular weight is 463 g/mol. The smallest absolute Gasteiger partial charge is 0.229 e. The molecule has 0 saturated carbocycles. The van der Waals surface area contributed by atoms with Crippen molar-refractivity contribution in [1.29, 1.82) is 0 Å². The van der Waals surface area contributed by atoms with E-state index in [1.54, 1.807) is 30.5 Å². The molecule has 2 heterocycles. The van der Waals surface area contributed by atoms with Gasteiger partial charge in [-0.15, -0.1) is 0 Å². The van der Waals surface area contributed by atoms with E-state index in [2.05, 4.69) is 10.1 Å². The molecule has 1 unspecified atom stereocenters. The van der Waals surface area contributed by atoms with E-state index in [4.69, 9.17) is 9.57 Å². The van der Waals surface area contributed by atoms with E-state index in [-0.39, 0.29) is 17.8 Å². The predicted octanol–water partition coefficient (Wildman–Crippen LogP) is 5.06. The Labute approximate surface area is 198 Å².